The number of rotatable bonds is 5. The summed E-state index contributed by atoms with van der Waals surface area (Å²) in [5.74, 6) is 0.680. The number of ether oxygens (including phenoxy) is 1. The maximum atomic E-state index is 10.8. The van der Waals surface area contributed by atoms with E-state index in [1.54, 1.807) is 12.1 Å². The average Bonchev–Trinajstić information content (AvgIpc) is 2.46. The lowest BCUT2D eigenvalue weighted by atomic mass is 10.1. The highest BCUT2D eigenvalue weighted by atomic mass is 79.9. The van der Waals surface area contributed by atoms with Gasteiger partial charge in [-0.25, -0.2) is 0 Å². The summed E-state index contributed by atoms with van der Waals surface area (Å²) in [4.78, 5) is 10.3. The minimum atomic E-state index is -0.420. The van der Waals surface area contributed by atoms with Crippen molar-refractivity contribution in [1.82, 2.24) is 0 Å². The molecule has 0 heterocycles. The molecule has 0 unspecified atom stereocenters. The normalized spacial score (nSPS) is 12.0. The molecule has 2 rings (SSSR count). The van der Waals surface area contributed by atoms with Crippen molar-refractivity contribution < 1.29 is 9.66 Å². The van der Waals surface area contributed by atoms with Crippen LogP contribution >= 0.6 is 15.9 Å². The fourth-order valence-corrected chi connectivity index (χ4v) is 2.31. The number of nitro groups is 1. The minimum absolute atomic E-state index is 0.0549. The summed E-state index contributed by atoms with van der Waals surface area (Å²) in [5, 5.41) is 10.8. The number of nitrogens with zero attached hydrogens (tertiary/aromatic N) is 1. The maximum Gasteiger partial charge on any atom is 0.269 e. The highest BCUT2D eigenvalue weighted by Crippen LogP contribution is 2.28. The molecule has 6 heteroatoms. The number of nitrogens with two attached hydrogens (primary N) is 1. The molecule has 1 atom stereocenters. The molecule has 0 fully saturated rings. The van der Waals surface area contributed by atoms with E-state index in [0.29, 0.717) is 5.75 Å². The van der Waals surface area contributed by atoms with Gasteiger partial charge in [0.2, 0.25) is 0 Å². The molecule has 21 heavy (non-hydrogen) atoms. The Balaban J connectivity index is 2.16. The largest absolute Gasteiger partial charge is 0.489 e. The number of benzene rings is 2. The summed E-state index contributed by atoms with van der Waals surface area (Å²) in [6.07, 6.45) is 0. The van der Waals surface area contributed by atoms with Crippen LogP contribution in [0.4, 0.5) is 5.69 Å². The molecule has 0 bridgehead atoms. The zero-order chi connectivity index (χ0) is 15.4. The monoisotopic (exact) mass is 350 g/mol. The van der Waals surface area contributed by atoms with Crippen molar-refractivity contribution in [1.29, 1.82) is 0 Å². The lowest BCUT2D eigenvalue weighted by molar-refractivity contribution is -0.384. The first-order valence-electron chi connectivity index (χ1n) is 6.38. The molecule has 2 N–H and O–H groups in total. The molecule has 0 aromatic heterocycles. The molecular formula is C15H15BrN2O3. The van der Waals surface area contributed by atoms with E-state index in [4.69, 9.17) is 10.5 Å². The first-order chi connectivity index (χ1) is 9.97. The number of hydrogen-bond acceptors (Lipinski definition) is 4. The van der Waals surface area contributed by atoms with E-state index in [0.717, 1.165) is 15.6 Å². The lowest BCUT2D eigenvalue weighted by Gasteiger charge is -2.14. The van der Waals surface area contributed by atoms with Crippen LogP contribution in [0, 0.1) is 10.1 Å². The number of hydrogen-bond donors (Lipinski definition) is 1. The van der Waals surface area contributed by atoms with Gasteiger partial charge in [0, 0.05) is 28.2 Å². The fourth-order valence-electron chi connectivity index (χ4n) is 1.93. The number of nitro benzene ring substituents is 1. The van der Waals surface area contributed by atoms with Crippen LogP contribution in [0.5, 0.6) is 5.75 Å². The van der Waals surface area contributed by atoms with Crippen molar-refractivity contribution in [3.05, 3.63) is 68.2 Å². The van der Waals surface area contributed by atoms with Gasteiger partial charge < -0.3 is 10.5 Å². The van der Waals surface area contributed by atoms with Gasteiger partial charge in [0.05, 0.1) is 4.92 Å². The van der Waals surface area contributed by atoms with Gasteiger partial charge in [-0.2, -0.15) is 0 Å². The zero-order valence-corrected chi connectivity index (χ0v) is 13.0. The van der Waals surface area contributed by atoms with Crippen LogP contribution in [0.15, 0.2) is 46.9 Å². The Morgan fingerprint density at radius 3 is 2.76 bits per heavy atom. The smallest absolute Gasteiger partial charge is 0.269 e. The van der Waals surface area contributed by atoms with Crippen LogP contribution in [0.1, 0.15) is 24.1 Å². The number of halogens is 1. The van der Waals surface area contributed by atoms with Crippen LogP contribution in [0.2, 0.25) is 0 Å². The highest BCUT2D eigenvalue weighted by molar-refractivity contribution is 9.10. The second kappa shape index (κ2) is 6.69. The van der Waals surface area contributed by atoms with Crippen LogP contribution < -0.4 is 10.5 Å². The third-order valence-electron chi connectivity index (χ3n) is 2.98. The molecule has 0 amide bonds. The van der Waals surface area contributed by atoms with Gasteiger partial charge in [-0.3, -0.25) is 10.1 Å². The number of non-ortho nitro benzene ring substituents is 1. The molecule has 0 aliphatic rings. The summed E-state index contributed by atoms with van der Waals surface area (Å²) in [7, 11) is 0. The van der Waals surface area contributed by atoms with Gasteiger partial charge in [-0.1, -0.05) is 28.1 Å². The van der Waals surface area contributed by atoms with E-state index >= 15 is 0 Å². The second-order valence-corrected chi connectivity index (χ2v) is 5.60. The van der Waals surface area contributed by atoms with Crippen molar-refractivity contribution in [3.8, 4) is 5.75 Å². The quantitative estimate of drug-likeness (QED) is 0.653. The molecule has 0 saturated heterocycles. The Kier molecular flexibility index (Phi) is 4.93. The van der Waals surface area contributed by atoms with Crippen LogP contribution in [0.3, 0.4) is 0 Å². The average molecular weight is 351 g/mol. The third kappa shape index (κ3) is 4.03. The molecule has 2 aromatic carbocycles. The minimum Gasteiger partial charge on any atom is -0.489 e. The molecule has 0 aliphatic carbocycles. The van der Waals surface area contributed by atoms with Gasteiger partial charge in [0.1, 0.15) is 12.4 Å². The Bertz CT molecular complexity index is 659. The highest BCUT2D eigenvalue weighted by Gasteiger charge is 2.10. The van der Waals surface area contributed by atoms with Crippen molar-refractivity contribution in [2.45, 2.75) is 19.6 Å². The van der Waals surface area contributed by atoms with Gasteiger partial charge >= 0.3 is 0 Å². The van der Waals surface area contributed by atoms with Crippen molar-refractivity contribution in [2.24, 2.45) is 5.73 Å². The van der Waals surface area contributed by atoms with Crippen LogP contribution in [-0.2, 0) is 6.61 Å². The molecular weight excluding hydrogens is 336 g/mol. The molecule has 2 aromatic rings. The molecule has 5 nitrogen and oxygen atoms in total. The van der Waals surface area contributed by atoms with Crippen LogP contribution in [-0.4, -0.2) is 4.92 Å². The van der Waals surface area contributed by atoms with E-state index in [2.05, 4.69) is 15.9 Å². The van der Waals surface area contributed by atoms with Gasteiger partial charge in [-0.15, -0.1) is 0 Å². The summed E-state index contributed by atoms with van der Waals surface area (Å²) in [6, 6.07) is 11.8. The van der Waals surface area contributed by atoms with E-state index in [9.17, 15) is 10.1 Å². The van der Waals surface area contributed by atoms with Crippen molar-refractivity contribution in [2.75, 3.05) is 0 Å². The van der Waals surface area contributed by atoms with E-state index < -0.39 is 4.92 Å². The molecule has 110 valence electrons. The summed E-state index contributed by atoms with van der Waals surface area (Å²) >= 11 is 3.40. The second-order valence-electron chi connectivity index (χ2n) is 4.69. The summed E-state index contributed by atoms with van der Waals surface area (Å²) in [6.45, 7) is 2.13. The van der Waals surface area contributed by atoms with E-state index in [-0.39, 0.29) is 18.3 Å². The van der Waals surface area contributed by atoms with Crippen molar-refractivity contribution in [3.63, 3.8) is 0 Å². The Morgan fingerprint density at radius 2 is 2.10 bits per heavy atom. The summed E-state index contributed by atoms with van der Waals surface area (Å²) < 4.78 is 6.68. The standard InChI is InChI=1S/C15H15BrN2O3/c1-10(17)14-8-12(16)5-6-15(14)21-9-11-3-2-4-13(7-11)18(19)20/h2-8,10H,9,17H2,1H3/t10-/m1/s1. The Hall–Kier alpha value is -1.92. The van der Waals surface area contributed by atoms with Gasteiger partial charge in [-0.05, 0) is 30.7 Å². The lowest BCUT2D eigenvalue weighted by Crippen LogP contribution is -2.08. The fraction of sp³-hybridized carbons (Fsp3) is 0.200. The van der Waals surface area contributed by atoms with E-state index in [1.807, 2.05) is 25.1 Å². The van der Waals surface area contributed by atoms with Crippen LogP contribution in [0.25, 0.3) is 0 Å². The van der Waals surface area contributed by atoms with Gasteiger partial charge in [0.15, 0.2) is 0 Å². The molecule has 0 radical (unpaired) electrons. The first-order valence-corrected chi connectivity index (χ1v) is 7.18. The first kappa shape index (κ1) is 15.5. The Morgan fingerprint density at radius 1 is 1.33 bits per heavy atom. The van der Waals surface area contributed by atoms with Gasteiger partial charge in [0.25, 0.3) is 5.69 Å². The molecule has 0 spiro atoms. The maximum absolute atomic E-state index is 10.8. The SMILES string of the molecule is C[C@@H](N)c1cc(Br)ccc1OCc1cccc([N+](=O)[O-])c1. The zero-order valence-electron chi connectivity index (χ0n) is 11.5. The predicted octanol–water partition coefficient (Wildman–Crippen LogP) is 3.96. The molecule has 0 aliphatic heterocycles. The summed E-state index contributed by atoms with van der Waals surface area (Å²) in [5.41, 5.74) is 7.60. The molecule has 0 saturated carbocycles. The van der Waals surface area contributed by atoms with E-state index in [1.165, 1.54) is 12.1 Å². The predicted molar refractivity (Wildman–Crippen MR) is 84.2 cm³/mol. The topological polar surface area (TPSA) is 78.4 Å². The van der Waals surface area contributed by atoms with Crippen molar-refractivity contribution >= 4 is 21.6 Å². The third-order valence-corrected chi connectivity index (χ3v) is 3.47. The Labute approximate surface area is 131 Å².